The highest BCUT2D eigenvalue weighted by Crippen LogP contribution is 2.26. The Bertz CT molecular complexity index is 806. The van der Waals surface area contributed by atoms with Gasteiger partial charge in [0.2, 0.25) is 5.89 Å². The summed E-state index contributed by atoms with van der Waals surface area (Å²) in [6.45, 7) is 3.66. The van der Waals surface area contributed by atoms with Gasteiger partial charge in [0.15, 0.2) is 0 Å². The number of imidazole rings is 1. The van der Waals surface area contributed by atoms with Crippen LogP contribution < -0.4 is 0 Å². The summed E-state index contributed by atoms with van der Waals surface area (Å²) in [7, 11) is 2.06. The maximum absolute atomic E-state index is 5.90. The Balaban J connectivity index is 1.60. The van der Waals surface area contributed by atoms with Crippen molar-refractivity contribution in [1.29, 1.82) is 0 Å². The lowest BCUT2D eigenvalue weighted by molar-refractivity contribution is -0.0821. The Labute approximate surface area is 139 Å². The van der Waals surface area contributed by atoms with Gasteiger partial charge in [0.05, 0.1) is 6.10 Å². The van der Waals surface area contributed by atoms with Gasteiger partial charge in [-0.3, -0.25) is 4.57 Å². The van der Waals surface area contributed by atoms with E-state index >= 15 is 0 Å². The smallest absolute Gasteiger partial charge is 0.266 e. The van der Waals surface area contributed by atoms with E-state index in [4.69, 9.17) is 9.15 Å². The molecule has 0 spiro atoms. The van der Waals surface area contributed by atoms with Crippen LogP contribution in [0.5, 0.6) is 0 Å². The number of likely N-dealkylation sites (N-methyl/N-ethyl adjacent to an activating group) is 1. The molecule has 1 aliphatic rings. The highest BCUT2D eigenvalue weighted by molar-refractivity contribution is 5.48. The zero-order chi connectivity index (χ0) is 16.5. The van der Waals surface area contributed by atoms with Crippen LogP contribution >= 0.6 is 0 Å². The molecule has 3 aromatic rings. The van der Waals surface area contributed by atoms with E-state index in [1.54, 1.807) is 12.5 Å². The van der Waals surface area contributed by atoms with E-state index in [9.17, 15) is 0 Å². The highest BCUT2D eigenvalue weighted by Gasteiger charge is 2.28. The minimum Gasteiger partial charge on any atom is -0.416 e. The van der Waals surface area contributed by atoms with Crippen LogP contribution in [0.1, 0.15) is 18.9 Å². The monoisotopic (exact) mass is 326 g/mol. The minimum absolute atomic E-state index is 0.131. The molecule has 0 unspecified atom stereocenters. The maximum Gasteiger partial charge on any atom is 0.266 e. The van der Waals surface area contributed by atoms with Gasteiger partial charge in [0.25, 0.3) is 5.89 Å². The lowest BCUT2D eigenvalue weighted by Gasteiger charge is -2.32. The molecule has 0 bridgehead atoms. The summed E-state index contributed by atoms with van der Waals surface area (Å²) in [6.07, 6.45) is 5.15. The molecular weight excluding hydrogens is 308 g/mol. The molecule has 4 heterocycles. The molecule has 124 valence electrons. The van der Waals surface area contributed by atoms with Crippen molar-refractivity contribution in [2.45, 2.75) is 19.1 Å². The summed E-state index contributed by atoms with van der Waals surface area (Å²) in [5.41, 5.74) is 0.622. The van der Waals surface area contributed by atoms with Crippen LogP contribution in [-0.2, 0) is 4.74 Å². The quantitative estimate of drug-likeness (QED) is 0.724. The molecular formula is C16H18N6O2. The van der Waals surface area contributed by atoms with Crippen LogP contribution in [0.3, 0.4) is 0 Å². The first-order valence-corrected chi connectivity index (χ1v) is 7.82. The Hall–Kier alpha value is -2.58. The fourth-order valence-electron chi connectivity index (χ4n) is 2.85. The zero-order valence-electron chi connectivity index (χ0n) is 13.5. The normalized spacial score (nSPS) is 21.9. The summed E-state index contributed by atoms with van der Waals surface area (Å²) < 4.78 is 13.5. The second-order valence-electron chi connectivity index (χ2n) is 5.95. The van der Waals surface area contributed by atoms with E-state index in [1.807, 2.05) is 35.9 Å². The highest BCUT2D eigenvalue weighted by atomic mass is 16.5. The Morgan fingerprint density at radius 1 is 1.21 bits per heavy atom. The summed E-state index contributed by atoms with van der Waals surface area (Å²) in [4.78, 5) is 10.8. The van der Waals surface area contributed by atoms with Gasteiger partial charge in [0.1, 0.15) is 23.9 Å². The Morgan fingerprint density at radius 2 is 2.12 bits per heavy atom. The first-order valence-electron chi connectivity index (χ1n) is 7.82. The SMILES string of the molecule is C[C@@H]1CN(C)C[C@H](c2nnc(-c3cccc(-n4ccnc4)n3)o2)O1. The third-order valence-electron chi connectivity index (χ3n) is 3.88. The van der Waals surface area contributed by atoms with Gasteiger partial charge in [-0.25, -0.2) is 9.97 Å². The molecule has 8 heteroatoms. The van der Waals surface area contributed by atoms with Gasteiger partial charge < -0.3 is 14.1 Å². The molecule has 0 aromatic carbocycles. The largest absolute Gasteiger partial charge is 0.416 e. The topological polar surface area (TPSA) is 82.1 Å². The van der Waals surface area contributed by atoms with Crippen molar-refractivity contribution in [3.8, 4) is 17.4 Å². The molecule has 0 amide bonds. The number of rotatable bonds is 3. The third kappa shape index (κ3) is 2.93. The predicted octanol–water partition coefficient (Wildman–Crippen LogP) is 1.71. The van der Waals surface area contributed by atoms with Crippen molar-refractivity contribution in [3.05, 3.63) is 42.8 Å². The van der Waals surface area contributed by atoms with Gasteiger partial charge in [0, 0.05) is 25.5 Å². The van der Waals surface area contributed by atoms with Crippen LogP contribution in [-0.4, -0.2) is 55.9 Å². The number of ether oxygens (including phenoxy) is 1. The van der Waals surface area contributed by atoms with Crippen molar-refractivity contribution in [2.75, 3.05) is 20.1 Å². The van der Waals surface area contributed by atoms with Gasteiger partial charge in [-0.05, 0) is 26.1 Å². The summed E-state index contributed by atoms with van der Waals surface area (Å²) in [6, 6.07) is 5.63. The molecule has 8 nitrogen and oxygen atoms in total. The van der Waals surface area contributed by atoms with E-state index < -0.39 is 0 Å². The molecule has 24 heavy (non-hydrogen) atoms. The minimum atomic E-state index is -0.211. The second-order valence-corrected chi connectivity index (χ2v) is 5.95. The van der Waals surface area contributed by atoms with E-state index in [0.29, 0.717) is 17.5 Å². The molecule has 1 aliphatic heterocycles. The van der Waals surface area contributed by atoms with Crippen molar-refractivity contribution < 1.29 is 9.15 Å². The average Bonchev–Trinajstić information content (AvgIpc) is 3.26. The molecule has 1 fully saturated rings. The van der Waals surface area contributed by atoms with Crippen LogP contribution in [0.15, 0.2) is 41.3 Å². The molecule has 1 saturated heterocycles. The number of nitrogens with zero attached hydrogens (tertiary/aromatic N) is 6. The number of morpholine rings is 1. The van der Waals surface area contributed by atoms with Crippen molar-refractivity contribution >= 4 is 0 Å². The number of hydrogen-bond donors (Lipinski definition) is 0. The number of pyridine rings is 1. The first kappa shape index (κ1) is 15.0. The van der Waals surface area contributed by atoms with Crippen LogP contribution in [0.2, 0.25) is 0 Å². The molecule has 4 rings (SSSR count). The van der Waals surface area contributed by atoms with Crippen molar-refractivity contribution in [3.63, 3.8) is 0 Å². The summed E-state index contributed by atoms with van der Waals surface area (Å²) in [5.74, 6) is 1.61. The van der Waals surface area contributed by atoms with Gasteiger partial charge in [-0.15, -0.1) is 10.2 Å². The first-order chi connectivity index (χ1) is 11.7. The molecule has 0 N–H and O–H groups in total. The van der Waals surface area contributed by atoms with Crippen LogP contribution in [0, 0.1) is 0 Å². The zero-order valence-corrected chi connectivity index (χ0v) is 13.5. The standard InChI is InChI=1S/C16H18N6O2/c1-11-8-21(2)9-13(23-11)16-20-19-15(24-16)12-4-3-5-14(18-12)22-7-6-17-10-22/h3-7,10-11,13H,8-9H2,1-2H3/t11-,13-/m1/s1. The molecule has 0 saturated carbocycles. The Kier molecular flexibility index (Phi) is 3.83. The fraction of sp³-hybridized carbons (Fsp3) is 0.375. The molecule has 0 aliphatic carbocycles. The molecule has 0 radical (unpaired) electrons. The number of hydrogen-bond acceptors (Lipinski definition) is 7. The van der Waals surface area contributed by atoms with Gasteiger partial charge in [-0.2, -0.15) is 0 Å². The Morgan fingerprint density at radius 3 is 2.92 bits per heavy atom. The summed E-state index contributed by atoms with van der Waals surface area (Å²) in [5, 5.41) is 8.28. The van der Waals surface area contributed by atoms with Crippen LogP contribution in [0.4, 0.5) is 0 Å². The predicted molar refractivity (Wildman–Crippen MR) is 85.4 cm³/mol. The fourth-order valence-corrected chi connectivity index (χ4v) is 2.85. The van der Waals surface area contributed by atoms with Crippen molar-refractivity contribution in [1.82, 2.24) is 29.6 Å². The van der Waals surface area contributed by atoms with Crippen molar-refractivity contribution in [2.24, 2.45) is 0 Å². The number of aromatic nitrogens is 5. The second kappa shape index (κ2) is 6.14. The maximum atomic E-state index is 5.90. The third-order valence-corrected chi connectivity index (χ3v) is 3.88. The van der Waals surface area contributed by atoms with E-state index in [0.717, 1.165) is 18.9 Å². The summed E-state index contributed by atoms with van der Waals surface area (Å²) >= 11 is 0. The lowest BCUT2D eigenvalue weighted by atomic mass is 10.2. The molecule has 2 atom stereocenters. The molecule has 3 aromatic heterocycles. The van der Waals surface area contributed by atoms with Crippen LogP contribution in [0.25, 0.3) is 17.4 Å². The van der Waals surface area contributed by atoms with E-state index in [-0.39, 0.29) is 12.2 Å². The van der Waals surface area contributed by atoms with E-state index in [2.05, 4.69) is 32.1 Å². The average molecular weight is 326 g/mol. The van der Waals surface area contributed by atoms with Gasteiger partial charge in [-0.1, -0.05) is 6.07 Å². The van der Waals surface area contributed by atoms with Gasteiger partial charge >= 0.3 is 0 Å². The lowest BCUT2D eigenvalue weighted by Crippen LogP contribution is -2.40. The van der Waals surface area contributed by atoms with E-state index in [1.165, 1.54) is 0 Å².